The van der Waals surface area contributed by atoms with Crippen molar-refractivity contribution in [1.82, 2.24) is 9.97 Å². The van der Waals surface area contributed by atoms with Crippen molar-refractivity contribution < 1.29 is 4.79 Å². The Hall–Kier alpha value is -3.04. The van der Waals surface area contributed by atoms with E-state index in [-0.39, 0.29) is 11.7 Å². The summed E-state index contributed by atoms with van der Waals surface area (Å²) in [7, 11) is 0. The number of carbonyl (C=O) groups excluding carboxylic acids is 1. The van der Waals surface area contributed by atoms with E-state index in [0.29, 0.717) is 10.6 Å². The number of thioether (sulfide) groups is 1. The van der Waals surface area contributed by atoms with Gasteiger partial charge in [0, 0.05) is 28.8 Å². The maximum absolute atomic E-state index is 12.4. The molecule has 29 heavy (non-hydrogen) atoms. The fourth-order valence-electron chi connectivity index (χ4n) is 3.74. The van der Waals surface area contributed by atoms with E-state index in [4.69, 9.17) is 4.98 Å². The van der Waals surface area contributed by atoms with Gasteiger partial charge in [0.1, 0.15) is 11.1 Å². The molecule has 2 heterocycles. The van der Waals surface area contributed by atoms with Crippen LogP contribution in [0.2, 0.25) is 0 Å². The first kappa shape index (κ1) is 19.3. The first-order chi connectivity index (χ1) is 14.3. The van der Waals surface area contributed by atoms with Gasteiger partial charge < -0.3 is 10.3 Å². The lowest BCUT2D eigenvalue weighted by Crippen LogP contribution is -2.14. The second-order valence-corrected chi connectivity index (χ2v) is 8.02. The molecule has 4 rings (SSSR count). The van der Waals surface area contributed by atoms with Crippen LogP contribution in [-0.4, -0.2) is 21.6 Å². The molecule has 1 amide bonds. The summed E-state index contributed by atoms with van der Waals surface area (Å²) in [6.07, 6.45) is 7.11. The number of para-hydroxylation sites is 1. The Morgan fingerprint density at radius 3 is 2.72 bits per heavy atom. The summed E-state index contributed by atoms with van der Waals surface area (Å²) >= 11 is 1.33. The fourth-order valence-corrected chi connectivity index (χ4v) is 4.55. The Morgan fingerprint density at radius 1 is 1.14 bits per heavy atom. The smallest absolute Gasteiger partial charge is 0.234 e. The van der Waals surface area contributed by atoms with Crippen LogP contribution in [0.3, 0.4) is 0 Å². The quantitative estimate of drug-likeness (QED) is 0.467. The van der Waals surface area contributed by atoms with Crippen LogP contribution in [0.15, 0.2) is 53.7 Å². The first-order valence-corrected chi connectivity index (χ1v) is 10.8. The number of anilines is 1. The number of carbonyl (C=O) groups is 1. The Labute approximate surface area is 174 Å². The zero-order valence-electron chi connectivity index (χ0n) is 16.1. The summed E-state index contributed by atoms with van der Waals surface area (Å²) in [4.78, 5) is 20.5. The summed E-state index contributed by atoms with van der Waals surface area (Å²) < 4.78 is 0. The molecule has 3 aromatic rings. The number of pyridine rings is 1. The molecule has 0 saturated heterocycles. The van der Waals surface area contributed by atoms with Crippen molar-refractivity contribution in [2.45, 2.75) is 37.1 Å². The second kappa shape index (κ2) is 8.97. The molecular weight excluding hydrogens is 380 g/mol. The van der Waals surface area contributed by atoms with Crippen molar-refractivity contribution in [3.63, 3.8) is 0 Å². The maximum atomic E-state index is 12.4. The van der Waals surface area contributed by atoms with Crippen LogP contribution in [0.5, 0.6) is 0 Å². The Balaban J connectivity index is 1.64. The number of aryl methyl sites for hydroxylation is 1. The topological polar surface area (TPSA) is 81.6 Å². The third kappa shape index (κ3) is 4.36. The molecule has 6 heteroatoms. The molecule has 0 atom stereocenters. The fraction of sp³-hybridized carbons (Fsp3) is 0.261. The highest BCUT2D eigenvalue weighted by molar-refractivity contribution is 8.00. The lowest BCUT2D eigenvalue weighted by Gasteiger charge is -2.16. The molecule has 0 spiro atoms. The number of rotatable bonds is 5. The molecule has 1 aliphatic rings. The molecule has 2 N–H and O–H groups in total. The maximum Gasteiger partial charge on any atom is 0.234 e. The molecule has 0 saturated carbocycles. The predicted molar refractivity (Wildman–Crippen MR) is 116 cm³/mol. The third-order valence-electron chi connectivity index (χ3n) is 5.07. The average Bonchev–Trinajstić information content (AvgIpc) is 3.17. The van der Waals surface area contributed by atoms with Crippen molar-refractivity contribution >= 4 is 23.4 Å². The van der Waals surface area contributed by atoms with E-state index >= 15 is 0 Å². The van der Waals surface area contributed by atoms with Crippen molar-refractivity contribution in [3.05, 3.63) is 65.5 Å². The lowest BCUT2D eigenvalue weighted by atomic mass is 9.96. The molecule has 0 bridgehead atoms. The minimum Gasteiger partial charge on any atom is -0.361 e. The van der Waals surface area contributed by atoms with E-state index in [0.717, 1.165) is 48.3 Å². The number of nitriles is 1. The number of fused-ring (bicyclic) bond motifs is 1. The van der Waals surface area contributed by atoms with E-state index in [9.17, 15) is 10.1 Å². The van der Waals surface area contributed by atoms with Crippen molar-refractivity contribution in [3.8, 4) is 17.3 Å². The SMILES string of the molecule is N#Cc1c(SCC(=O)Nc2ccccc2)nc2c(c1-c1ccc[nH]1)CCCCC2. The van der Waals surface area contributed by atoms with Gasteiger partial charge in [0.15, 0.2) is 0 Å². The molecule has 1 aromatic carbocycles. The molecule has 0 aliphatic heterocycles. The highest BCUT2D eigenvalue weighted by atomic mass is 32.2. The van der Waals surface area contributed by atoms with Crippen molar-refractivity contribution in [2.24, 2.45) is 0 Å². The number of amides is 1. The summed E-state index contributed by atoms with van der Waals surface area (Å²) in [6.45, 7) is 0. The van der Waals surface area contributed by atoms with Crippen LogP contribution in [0.25, 0.3) is 11.3 Å². The molecule has 146 valence electrons. The van der Waals surface area contributed by atoms with E-state index in [1.165, 1.54) is 23.7 Å². The van der Waals surface area contributed by atoms with E-state index in [2.05, 4.69) is 16.4 Å². The lowest BCUT2D eigenvalue weighted by molar-refractivity contribution is -0.113. The number of aromatic amines is 1. The molecule has 5 nitrogen and oxygen atoms in total. The summed E-state index contributed by atoms with van der Waals surface area (Å²) in [6, 6.07) is 15.7. The standard InChI is InChI=1S/C23H22N4OS/c24-14-18-22(20-12-7-13-25-20)17-10-5-2-6-11-19(17)27-23(18)29-15-21(28)26-16-8-3-1-4-9-16/h1,3-4,7-9,12-13,25H,2,5-6,10-11,15H2,(H,26,28). The van der Waals surface area contributed by atoms with Gasteiger partial charge in [-0.2, -0.15) is 5.26 Å². The van der Waals surface area contributed by atoms with Crippen LogP contribution in [-0.2, 0) is 17.6 Å². The zero-order valence-corrected chi connectivity index (χ0v) is 16.9. The zero-order chi connectivity index (χ0) is 20.1. The number of hydrogen-bond donors (Lipinski definition) is 2. The van der Waals surface area contributed by atoms with Gasteiger partial charge in [-0.1, -0.05) is 36.4 Å². The molecule has 0 fully saturated rings. The van der Waals surface area contributed by atoms with Gasteiger partial charge in [-0.3, -0.25) is 4.79 Å². The number of nitrogens with one attached hydrogen (secondary N) is 2. The van der Waals surface area contributed by atoms with Gasteiger partial charge in [-0.25, -0.2) is 4.98 Å². The normalized spacial score (nSPS) is 13.2. The Bertz CT molecular complexity index is 1040. The third-order valence-corrected chi connectivity index (χ3v) is 6.04. The van der Waals surface area contributed by atoms with Gasteiger partial charge in [-0.05, 0) is 55.5 Å². The van der Waals surface area contributed by atoms with Crippen molar-refractivity contribution in [1.29, 1.82) is 5.26 Å². The Kier molecular flexibility index (Phi) is 5.97. The predicted octanol–water partition coefficient (Wildman–Crippen LogP) is 4.95. The van der Waals surface area contributed by atoms with Crippen LogP contribution < -0.4 is 5.32 Å². The van der Waals surface area contributed by atoms with Gasteiger partial charge in [0.05, 0.1) is 11.3 Å². The minimum atomic E-state index is -0.108. The van der Waals surface area contributed by atoms with E-state index in [1.807, 2.05) is 48.7 Å². The van der Waals surface area contributed by atoms with E-state index in [1.54, 1.807) is 0 Å². The summed E-state index contributed by atoms with van der Waals surface area (Å²) in [5.74, 6) is 0.0998. The number of benzene rings is 1. The van der Waals surface area contributed by atoms with Crippen LogP contribution in [0, 0.1) is 11.3 Å². The monoisotopic (exact) mass is 402 g/mol. The average molecular weight is 403 g/mol. The van der Waals surface area contributed by atoms with Crippen LogP contribution >= 0.6 is 11.8 Å². The van der Waals surface area contributed by atoms with Gasteiger partial charge in [0.2, 0.25) is 5.91 Å². The van der Waals surface area contributed by atoms with Gasteiger partial charge in [-0.15, -0.1) is 0 Å². The largest absolute Gasteiger partial charge is 0.361 e. The molecule has 1 aliphatic carbocycles. The van der Waals surface area contributed by atoms with Gasteiger partial charge >= 0.3 is 0 Å². The number of H-pyrrole nitrogens is 1. The molecular formula is C23H22N4OS. The molecule has 0 unspecified atom stereocenters. The summed E-state index contributed by atoms with van der Waals surface area (Å²) in [5.41, 5.74) is 5.47. The highest BCUT2D eigenvalue weighted by Crippen LogP contribution is 2.36. The summed E-state index contributed by atoms with van der Waals surface area (Å²) in [5, 5.41) is 13.5. The van der Waals surface area contributed by atoms with Crippen LogP contribution in [0.4, 0.5) is 5.69 Å². The number of aromatic nitrogens is 2. The first-order valence-electron chi connectivity index (χ1n) is 9.83. The van der Waals surface area contributed by atoms with Crippen LogP contribution in [0.1, 0.15) is 36.1 Å². The Morgan fingerprint density at radius 2 is 1.97 bits per heavy atom. The molecule has 2 aromatic heterocycles. The second-order valence-electron chi connectivity index (χ2n) is 7.05. The van der Waals surface area contributed by atoms with Crippen molar-refractivity contribution in [2.75, 3.05) is 11.1 Å². The van der Waals surface area contributed by atoms with E-state index < -0.39 is 0 Å². The number of hydrogen-bond acceptors (Lipinski definition) is 4. The van der Waals surface area contributed by atoms with Gasteiger partial charge in [0.25, 0.3) is 0 Å². The molecule has 0 radical (unpaired) electrons. The highest BCUT2D eigenvalue weighted by Gasteiger charge is 2.23. The minimum absolute atomic E-state index is 0.108. The number of nitrogens with zero attached hydrogens (tertiary/aromatic N) is 2.